The maximum atomic E-state index is 3.27. The zero-order valence-electron chi connectivity index (χ0n) is 14.7. The fourth-order valence-electron chi connectivity index (χ4n) is 2.93. The van der Waals surface area contributed by atoms with Crippen molar-refractivity contribution in [1.29, 1.82) is 0 Å². The highest BCUT2D eigenvalue weighted by Crippen LogP contribution is 2.31. The number of likely N-dealkylation sites (N-methyl/N-ethyl adjacent to an activating group) is 1. The molecule has 3 aromatic rings. The summed E-state index contributed by atoms with van der Waals surface area (Å²) < 4.78 is 0. The van der Waals surface area contributed by atoms with Gasteiger partial charge in [0.2, 0.25) is 0 Å². The largest absolute Gasteiger partial charge is 0.316 e. The predicted octanol–water partition coefficient (Wildman–Crippen LogP) is 5.88. The topological polar surface area (TPSA) is 12.0 Å². The number of nitrogens with one attached hydrogen (secondary N) is 1. The van der Waals surface area contributed by atoms with E-state index in [0.717, 1.165) is 6.54 Å². The number of rotatable bonds is 6. The van der Waals surface area contributed by atoms with Crippen molar-refractivity contribution >= 4 is 17.3 Å². The van der Waals surface area contributed by atoms with Crippen molar-refractivity contribution in [2.75, 3.05) is 13.6 Å². The molecule has 1 nitrogen and oxygen atoms in total. The molecule has 0 fully saturated rings. The van der Waals surface area contributed by atoms with Gasteiger partial charge < -0.3 is 5.32 Å². The number of benzene rings is 3. The standard InChI is InChI=1S/C23H23NS/c1-18(17-24-2)23(19-9-5-3-6-10-19)20-13-15-22(16-14-20)25-21-11-7-4-8-12-21/h3-16,24H,17H2,1-2H3. The summed E-state index contributed by atoms with van der Waals surface area (Å²) in [5.41, 5.74) is 5.18. The van der Waals surface area contributed by atoms with Crippen molar-refractivity contribution in [3.63, 3.8) is 0 Å². The van der Waals surface area contributed by atoms with Gasteiger partial charge in [-0.3, -0.25) is 0 Å². The van der Waals surface area contributed by atoms with Crippen LogP contribution < -0.4 is 5.32 Å². The van der Waals surface area contributed by atoms with Gasteiger partial charge in [0.1, 0.15) is 0 Å². The molecule has 0 aliphatic rings. The van der Waals surface area contributed by atoms with E-state index in [0.29, 0.717) is 0 Å². The predicted molar refractivity (Wildman–Crippen MR) is 109 cm³/mol. The SMILES string of the molecule is CNCC(C)=C(c1ccccc1)c1ccc(Sc2ccccc2)cc1. The highest BCUT2D eigenvalue weighted by molar-refractivity contribution is 7.99. The molecule has 0 spiro atoms. The van der Waals surface area contributed by atoms with Crippen LogP contribution in [0, 0.1) is 0 Å². The molecule has 0 heterocycles. The van der Waals surface area contributed by atoms with Crippen LogP contribution in [0.4, 0.5) is 0 Å². The van der Waals surface area contributed by atoms with Crippen LogP contribution in [-0.4, -0.2) is 13.6 Å². The van der Waals surface area contributed by atoms with Crippen molar-refractivity contribution < 1.29 is 0 Å². The Morgan fingerprint density at radius 2 is 1.24 bits per heavy atom. The van der Waals surface area contributed by atoms with Crippen LogP contribution in [0.2, 0.25) is 0 Å². The van der Waals surface area contributed by atoms with E-state index in [4.69, 9.17) is 0 Å². The maximum Gasteiger partial charge on any atom is 0.0168 e. The van der Waals surface area contributed by atoms with Crippen molar-refractivity contribution in [2.45, 2.75) is 16.7 Å². The Labute approximate surface area is 154 Å². The number of hydrogen-bond acceptors (Lipinski definition) is 2. The van der Waals surface area contributed by atoms with Gasteiger partial charge in [-0.05, 0) is 54.9 Å². The van der Waals surface area contributed by atoms with Crippen LogP contribution in [0.5, 0.6) is 0 Å². The highest BCUT2D eigenvalue weighted by atomic mass is 32.2. The minimum Gasteiger partial charge on any atom is -0.316 e. The molecule has 0 radical (unpaired) electrons. The average Bonchev–Trinajstić information content (AvgIpc) is 2.65. The Bertz CT molecular complexity index is 821. The van der Waals surface area contributed by atoms with E-state index in [2.05, 4.69) is 97.2 Å². The lowest BCUT2D eigenvalue weighted by molar-refractivity contribution is 0.882. The van der Waals surface area contributed by atoms with Gasteiger partial charge in [0, 0.05) is 16.3 Å². The molecule has 3 rings (SSSR count). The van der Waals surface area contributed by atoms with Crippen molar-refractivity contribution in [3.05, 3.63) is 102 Å². The van der Waals surface area contributed by atoms with Gasteiger partial charge in [-0.25, -0.2) is 0 Å². The molecule has 0 aliphatic heterocycles. The van der Waals surface area contributed by atoms with E-state index < -0.39 is 0 Å². The lowest BCUT2D eigenvalue weighted by atomic mass is 9.93. The lowest BCUT2D eigenvalue weighted by Crippen LogP contribution is -2.10. The fourth-order valence-corrected chi connectivity index (χ4v) is 3.77. The van der Waals surface area contributed by atoms with Crippen LogP contribution in [0.25, 0.3) is 5.57 Å². The summed E-state index contributed by atoms with van der Waals surface area (Å²) in [6.07, 6.45) is 0. The molecule has 0 saturated carbocycles. The minimum absolute atomic E-state index is 0.880. The smallest absolute Gasteiger partial charge is 0.0168 e. The van der Waals surface area contributed by atoms with Crippen LogP contribution >= 0.6 is 11.8 Å². The van der Waals surface area contributed by atoms with E-state index in [9.17, 15) is 0 Å². The van der Waals surface area contributed by atoms with Crippen LogP contribution in [0.15, 0.2) is 100 Å². The Kier molecular flexibility index (Phi) is 6.10. The second-order valence-corrected chi connectivity index (χ2v) is 7.14. The summed E-state index contributed by atoms with van der Waals surface area (Å²) >= 11 is 1.79. The van der Waals surface area contributed by atoms with Crippen molar-refractivity contribution in [3.8, 4) is 0 Å². The first-order valence-electron chi connectivity index (χ1n) is 8.51. The maximum absolute atomic E-state index is 3.27. The second-order valence-electron chi connectivity index (χ2n) is 5.99. The zero-order chi connectivity index (χ0) is 17.5. The molecule has 0 saturated heterocycles. The Morgan fingerprint density at radius 3 is 1.84 bits per heavy atom. The summed E-state index contributed by atoms with van der Waals surface area (Å²) in [5, 5.41) is 3.27. The van der Waals surface area contributed by atoms with Crippen LogP contribution in [-0.2, 0) is 0 Å². The van der Waals surface area contributed by atoms with Gasteiger partial charge in [0.15, 0.2) is 0 Å². The normalized spacial score (nSPS) is 11.9. The van der Waals surface area contributed by atoms with E-state index in [1.807, 2.05) is 7.05 Å². The summed E-state index contributed by atoms with van der Waals surface area (Å²) in [5.74, 6) is 0. The first kappa shape index (κ1) is 17.5. The van der Waals surface area contributed by atoms with Crippen molar-refractivity contribution in [2.24, 2.45) is 0 Å². The third-order valence-corrected chi connectivity index (χ3v) is 5.07. The molecular weight excluding hydrogens is 322 g/mol. The fraction of sp³-hybridized carbons (Fsp3) is 0.130. The third kappa shape index (κ3) is 4.62. The highest BCUT2D eigenvalue weighted by Gasteiger charge is 2.09. The van der Waals surface area contributed by atoms with Crippen molar-refractivity contribution in [1.82, 2.24) is 5.32 Å². The molecule has 0 aliphatic carbocycles. The van der Waals surface area contributed by atoms with Gasteiger partial charge in [-0.1, -0.05) is 78.0 Å². The summed E-state index contributed by atoms with van der Waals surface area (Å²) in [4.78, 5) is 2.52. The Hall–Kier alpha value is -2.29. The molecule has 25 heavy (non-hydrogen) atoms. The molecule has 2 heteroatoms. The third-order valence-electron chi connectivity index (χ3n) is 4.05. The molecule has 0 unspecified atom stereocenters. The van der Waals surface area contributed by atoms with E-state index in [1.165, 1.54) is 32.1 Å². The lowest BCUT2D eigenvalue weighted by Gasteiger charge is -2.14. The first-order valence-corrected chi connectivity index (χ1v) is 9.32. The second kappa shape index (κ2) is 8.70. The first-order chi connectivity index (χ1) is 12.3. The summed E-state index contributed by atoms with van der Waals surface area (Å²) in [6.45, 7) is 3.08. The molecule has 0 aromatic heterocycles. The van der Waals surface area contributed by atoms with E-state index in [-0.39, 0.29) is 0 Å². The number of hydrogen-bond donors (Lipinski definition) is 1. The van der Waals surface area contributed by atoms with Gasteiger partial charge in [0.25, 0.3) is 0 Å². The average molecular weight is 346 g/mol. The Morgan fingerprint density at radius 1 is 0.720 bits per heavy atom. The van der Waals surface area contributed by atoms with Gasteiger partial charge in [-0.15, -0.1) is 0 Å². The molecule has 3 aromatic carbocycles. The molecule has 0 amide bonds. The summed E-state index contributed by atoms with van der Waals surface area (Å²) in [7, 11) is 1.99. The monoisotopic (exact) mass is 345 g/mol. The van der Waals surface area contributed by atoms with Gasteiger partial charge >= 0.3 is 0 Å². The summed E-state index contributed by atoms with van der Waals surface area (Å²) in [6, 6.07) is 30.0. The van der Waals surface area contributed by atoms with Gasteiger partial charge in [0.05, 0.1) is 0 Å². The zero-order valence-corrected chi connectivity index (χ0v) is 15.5. The van der Waals surface area contributed by atoms with Crippen LogP contribution in [0.1, 0.15) is 18.1 Å². The molecule has 0 atom stereocenters. The van der Waals surface area contributed by atoms with E-state index in [1.54, 1.807) is 11.8 Å². The van der Waals surface area contributed by atoms with E-state index >= 15 is 0 Å². The Balaban J connectivity index is 1.91. The van der Waals surface area contributed by atoms with Gasteiger partial charge in [-0.2, -0.15) is 0 Å². The molecule has 1 N–H and O–H groups in total. The minimum atomic E-state index is 0.880. The molecular formula is C23H23NS. The quantitative estimate of drug-likeness (QED) is 0.599. The molecule has 0 bridgehead atoms. The molecule has 126 valence electrons. The van der Waals surface area contributed by atoms with Crippen LogP contribution in [0.3, 0.4) is 0 Å².